The highest BCUT2D eigenvalue weighted by Crippen LogP contribution is 2.40. The third-order valence-corrected chi connectivity index (χ3v) is 5.13. The molecule has 29 heavy (non-hydrogen) atoms. The highest BCUT2D eigenvalue weighted by molar-refractivity contribution is 6.31. The van der Waals surface area contributed by atoms with Crippen LogP contribution >= 0.6 is 11.6 Å². The predicted molar refractivity (Wildman–Crippen MR) is 107 cm³/mol. The van der Waals surface area contributed by atoms with E-state index >= 15 is 0 Å². The molecule has 5 nitrogen and oxygen atoms in total. The van der Waals surface area contributed by atoms with Crippen molar-refractivity contribution in [1.82, 2.24) is 4.98 Å². The van der Waals surface area contributed by atoms with E-state index < -0.39 is 17.8 Å². The third-order valence-electron chi connectivity index (χ3n) is 4.89. The Kier molecular flexibility index (Phi) is 3.96. The molecule has 0 N–H and O–H groups in total. The smallest absolute Gasteiger partial charge is 0.296 e. The van der Waals surface area contributed by atoms with Crippen molar-refractivity contribution in [3.05, 3.63) is 105 Å². The van der Waals surface area contributed by atoms with E-state index in [0.717, 1.165) is 0 Å². The van der Waals surface area contributed by atoms with Gasteiger partial charge in [-0.2, -0.15) is 0 Å². The molecule has 4 aromatic rings. The molecule has 1 aliphatic heterocycles. The first-order valence-corrected chi connectivity index (χ1v) is 9.19. The summed E-state index contributed by atoms with van der Waals surface area (Å²) in [4.78, 5) is 32.2. The van der Waals surface area contributed by atoms with Gasteiger partial charge in [0.1, 0.15) is 17.2 Å². The molecule has 0 aliphatic carbocycles. The summed E-state index contributed by atoms with van der Waals surface area (Å²) in [6.07, 6.45) is 1.54. The standard InChI is InChI=1S/C22H12ClFN2O3/c23-13-7-8-16-15(11-13)20(27)18-19(12-4-3-5-14(24)10-12)26(22(28)21(18)29-16)17-6-1-2-9-25-17/h1-11,19H. The number of rotatable bonds is 2. The second-order valence-electron chi connectivity index (χ2n) is 6.64. The zero-order chi connectivity index (χ0) is 20.1. The maximum absolute atomic E-state index is 14.0. The second kappa shape index (κ2) is 6.53. The summed E-state index contributed by atoms with van der Waals surface area (Å²) in [5.41, 5.74) is 0.453. The van der Waals surface area contributed by atoms with Gasteiger partial charge in [0.05, 0.1) is 17.0 Å². The Bertz CT molecular complexity index is 1340. The first-order chi connectivity index (χ1) is 14.0. The fraction of sp³-hybridized carbons (Fsp3) is 0.0455. The van der Waals surface area contributed by atoms with Crippen molar-refractivity contribution >= 4 is 34.3 Å². The average molecular weight is 407 g/mol. The lowest BCUT2D eigenvalue weighted by atomic mass is 9.98. The molecule has 0 saturated heterocycles. The SMILES string of the molecule is O=C1c2oc3ccc(Cl)cc3c(=O)c2C(c2cccc(F)c2)N1c1ccccn1. The van der Waals surface area contributed by atoms with Crippen molar-refractivity contribution < 1.29 is 13.6 Å². The fourth-order valence-electron chi connectivity index (χ4n) is 3.67. The van der Waals surface area contributed by atoms with Gasteiger partial charge in [0.15, 0.2) is 5.43 Å². The first-order valence-electron chi connectivity index (χ1n) is 8.81. The number of carbonyl (C=O) groups excluding carboxylic acids is 1. The maximum atomic E-state index is 14.0. The molecular formula is C22H12ClFN2O3. The molecule has 1 amide bonds. The number of fused-ring (bicyclic) bond motifs is 2. The van der Waals surface area contributed by atoms with Crippen molar-refractivity contribution in [2.75, 3.05) is 4.90 Å². The number of hydrogen-bond donors (Lipinski definition) is 0. The van der Waals surface area contributed by atoms with E-state index in [1.165, 1.54) is 29.2 Å². The second-order valence-corrected chi connectivity index (χ2v) is 7.07. The molecule has 2 aromatic heterocycles. The number of halogens is 2. The van der Waals surface area contributed by atoms with Crippen LogP contribution in [0.2, 0.25) is 5.02 Å². The number of pyridine rings is 1. The summed E-state index contributed by atoms with van der Waals surface area (Å²) >= 11 is 6.05. The van der Waals surface area contributed by atoms with E-state index in [1.807, 2.05) is 0 Å². The van der Waals surface area contributed by atoms with Crippen molar-refractivity contribution in [3.63, 3.8) is 0 Å². The Balaban J connectivity index is 1.84. The molecule has 5 rings (SSSR count). The quantitative estimate of drug-likeness (QED) is 0.482. The minimum absolute atomic E-state index is 0.0789. The van der Waals surface area contributed by atoms with Crippen LogP contribution in [0.25, 0.3) is 11.0 Å². The molecule has 0 saturated carbocycles. The van der Waals surface area contributed by atoms with E-state index in [2.05, 4.69) is 4.98 Å². The summed E-state index contributed by atoms with van der Waals surface area (Å²) < 4.78 is 19.8. The number of nitrogens with zero attached hydrogens (tertiary/aromatic N) is 2. The summed E-state index contributed by atoms with van der Waals surface area (Å²) in [6.45, 7) is 0. The van der Waals surface area contributed by atoms with E-state index in [1.54, 1.807) is 42.6 Å². The highest BCUT2D eigenvalue weighted by Gasteiger charge is 2.44. The van der Waals surface area contributed by atoms with Crippen LogP contribution in [-0.4, -0.2) is 10.9 Å². The lowest BCUT2D eigenvalue weighted by Crippen LogP contribution is -2.30. The van der Waals surface area contributed by atoms with Crippen LogP contribution in [0.15, 0.2) is 76.1 Å². The van der Waals surface area contributed by atoms with Gasteiger partial charge in [-0.15, -0.1) is 0 Å². The maximum Gasteiger partial charge on any atom is 0.296 e. The molecule has 3 heterocycles. The van der Waals surface area contributed by atoms with Gasteiger partial charge in [-0.05, 0) is 48.0 Å². The van der Waals surface area contributed by atoms with Gasteiger partial charge in [-0.25, -0.2) is 9.37 Å². The number of benzene rings is 2. The number of aromatic nitrogens is 1. The molecular weight excluding hydrogens is 395 g/mol. The molecule has 0 radical (unpaired) electrons. The Hall–Kier alpha value is -3.51. The monoisotopic (exact) mass is 406 g/mol. The van der Waals surface area contributed by atoms with Crippen LogP contribution in [-0.2, 0) is 0 Å². The van der Waals surface area contributed by atoms with E-state index in [0.29, 0.717) is 16.4 Å². The third kappa shape index (κ3) is 2.72. The highest BCUT2D eigenvalue weighted by atomic mass is 35.5. The molecule has 7 heteroatoms. The van der Waals surface area contributed by atoms with Crippen LogP contribution < -0.4 is 10.3 Å². The van der Waals surface area contributed by atoms with E-state index in [4.69, 9.17) is 16.0 Å². The number of hydrogen-bond acceptors (Lipinski definition) is 4. The van der Waals surface area contributed by atoms with E-state index in [-0.39, 0.29) is 27.7 Å². The van der Waals surface area contributed by atoms with Gasteiger partial charge in [0.25, 0.3) is 5.91 Å². The lowest BCUT2D eigenvalue weighted by molar-refractivity contribution is 0.0970. The summed E-state index contributed by atoms with van der Waals surface area (Å²) in [5.74, 6) is -0.733. The lowest BCUT2D eigenvalue weighted by Gasteiger charge is -2.24. The molecule has 0 bridgehead atoms. The van der Waals surface area contributed by atoms with Crippen LogP contribution in [0.4, 0.5) is 10.2 Å². The number of carbonyl (C=O) groups is 1. The minimum atomic E-state index is -0.872. The van der Waals surface area contributed by atoms with Crippen molar-refractivity contribution in [2.45, 2.75) is 6.04 Å². The van der Waals surface area contributed by atoms with E-state index in [9.17, 15) is 14.0 Å². The Morgan fingerprint density at radius 3 is 2.66 bits per heavy atom. The van der Waals surface area contributed by atoms with Gasteiger partial charge in [0.2, 0.25) is 5.76 Å². The van der Waals surface area contributed by atoms with Crippen LogP contribution in [0.3, 0.4) is 0 Å². The summed E-state index contributed by atoms with van der Waals surface area (Å²) in [6, 6.07) is 14.6. The molecule has 2 aromatic carbocycles. The molecule has 1 unspecified atom stereocenters. The topological polar surface area (TPSA) is 63.4 Å². The largest absolute Gasteiger partial charge is 0.450 e. The van der Waals surface area contributed by atoms with Gasteiger partial charge in [-0.1, -0.05) is 29.8 Å². The fourth-order valence-corrected chi connectivity index (χ4v) is 3.84. The Morgan fingerprint density at radius 1 is 1.03 bits per heavy atom. The zero-order valence-electron chi connectivity index (χ0n) is 14.8. The first kappa shape index (κ1) is 17.6. The van der Waals surface area contributed by atoms with Crippen molar-refractivity contribution in [1.29, 1.82) is 0 Å². The molecule has 1 aliphatic rings. The van der Waals surface area contributed by atoms with Crippen LogP contribution in [0, 0.1) is 5.82 Å². The summed E-state index contributed by atoms with van der Waals surface area (Å²) in [5, 5.41) is 0.631. The average Bonchev–Trinajstić information content (AvgIpc) is 3.02. The predicted octanol–water partition coefficient (Wildman–Crippen LogP) is 4.73. The van der Waals surface area contributed by atoms with Gasteiger partial charge in [-0.3, -0.25) is 14.5 Å². The normalized spacial score (nSPS) is 15.7. The number of amides is 1. The molecule has 0 spiro atoms. The van der Waals surface area contributed by atoms with Gasteiger partial charge >= 0.3 is 0 Å². The van der Waals surface area contributed by atoms with Crippen molar-refractivity contribution in [2.24, 2.45) is 0 Å². The Labute approximate surface area is 169 Å². The van der Waals surface area contributed by atoms with Gasteiger partial charge in [0, 0.05) is 11.2 Å². The summed E-state index contributed by atoms with van der Waals surface area (Å²) in [7, 11) is 0. The Morgan fingerprint density at radius 2 is 1.90 bits per heavy atom. The van der Waals surface area contributed by atoms with Crippen molar-refractivity contribution in [3.8, 4) is 0 Å². The minimum Gasteiger partial charge on any atom is -0.450 e. The molecule has 0 fully saturated rings. The van der Waals surface area contributed by atoms with Crippen LogP contribution in [0.1, 0.15) is 27.7 Å². The molecule has 1 atom stereocenters. The van der Waals surface area contributed by atoms with Gasteiger partial charge < -0.3 is 4.42 Å². The van der Waals surface area contributed by atoms with Crippen LogP contribution in [0.5, 0.6) is 0 Å². The zero-order valence-corrected chi connectivity index (χ0v) is 15.6. The molecule has 142 valence electrons. The number of anilines is 1.